The number of nitrogens with one attached hydrogen (secondary N) is 1. The van der Waals surface area contributed by atoms with Gasteiger partial charge in [0, 0.05) is 18.7 Å². The number of nitrogens with zero attached hydrogens (tertiary/aromatic N) is 2. The summed E-state index contributed by atoms with van der Waals surface area (Å²) in [6.07, 6.45) is -0.0406. The third-order valence-electron chi connectivity index (χ3n) is 2.36. The number of benzene rings is 1. The number of rotatable bonds is 6. The molecule has 0 aliphatic heterocycles. The Morgan fingerprint density at radius 1 is 1.43 bits per heavy atom. The van der Waals surface area contributed by atoms with Crippen LogP contribution in [-0.4, -0.2) is 29.3 Å². The highest BCUT2D eigenvalue weighted by molar-refractivity contribution is 7.80. The van der Waals surface area contributed by atoms with Crippen molar-refractivity contribution in [1.82, 2.24) is 5.32 Å². The van der Waals surface area contributed by atoms with Gasteiger partial charge in [0.15, 0.2) is 5.96 Å². The second kappa shape index (κ2) is 8.80. The van der Waals surface area contributed by atoms with Gasteiger partial charge in [-0.05, 0) is 29.9 Å². The Balaban J connectivity index is 2.41. The van der Waals surface area contributed by atoms with Crippen molar-refractivity contribution in [2.75, 3.05) is 12.3 Å². The third kappa shape index (κ3) is 6.61. The Morgan fingerprint density at radius 3 is 2.67 bits per heavy atom. The second-order valence-corrected chi connectivity index (χ2v) is 4.43. The molecule has 1 rings (SSSR count). The molecule has 0 heterocycles. The number of carbonyl (C=O) groups is 1. The summed E-state index contributed by atoms with van der Waals surface area (Å²) in [5.74, 6) is 0.677. The lowest BCUT2D eigenvalue weighted by molar-refractivity contribution is -0.384. The molecule has 0 aliphatic rings. The summed E-state index contributed by atoms with van der Waals surface area (Å²) in [6.45, 7) is 0.527. The molecule has 0 spiro atoms. The van der Waals surface area contributed by atoms with E-state index in [-0.39, 0.29) is 18.3 Å². The number of hydrogen-bond donors (Lipinski definition) is 3. The molecule has 0 radical (unpaired) electrons. The summed E-state index contributed by atoms with van der Waals surface area (Å²) in [5, 5.41) is 13.2. The van der Waals surface area contributed by atoms with E-state index in [1.807, 2.05) is 0 Å². The molecular formula is C12H16N4O4S. The van der Waals surface area contributed by atoms with E-state index in [2.05, 4.69) is 22.9 Å². The van der Waals surface area contributed by atoms with E-state index >= 15 is 0 Å². The van der Waals surface area contributed by atoms with Gasteiger partial charge in [-0.15, -0.1) is 4.99 Å². The van der Waals surface area contributed by atoms with E-state index in [0.29, 0.717) is 17.9 Å². The Bertz CT molecular complexity index is 518. The summed E-state index contributed by atoms with van der Waals surface area (Å²) >= 11 is 4.03. The van der Waals surface area contributed by atoms with E-state index < -0.39 is 11.0 Å². The molecule has 3 N–H and O–H groups in total. The molecule has 0 aliphatic carbocycles. The molecule has 0 bridgehead atoms. The summed E-state index contributed by atoms with van der Waals surface area (Å²) in [6, 6.07) is 5.67. The highest BCUT2D eigenvalue weighted by Gasteiger charge is 2.06. The minimum atomic E-state index is -0.829. The minimum Gasteiger partial charge on any atom is -0.443 e. The van der Waals surface area contributed by atoms with Gasteiger partial charge in [-0.25, -0.2) is 4.79 Å². The van der Waals surface area contributed by atoms with Crippen molar-refractivity contribution in [2.24, 2.45) is 10.7 Å². The molecular weight excluding hydrogens is 296 g/mol. The molecule has 0 unspecified atom stereocenters. The lowest BCUT2D eigenvalue weighted by atomic mass is 10.2. The maximum Gasteiger partial charge on any atom is 0.437 e. The predicted octanol–water partition coefficient (Wildman–Crippen LogP) is 1.46. The van der Waals surface area contributed by atoms with Gasteiger partial charge >= 0.3 is 6.09 Å². The van der Waals surface area contributed by atoms with Gasteiger partial charge in [0.25, 0.3) is 5.69 Å². The van der Waals surface area contributed by atoms with Crippen LogP contribution in [0.4, 0.5) is 10.5 Å². The first-order valence-electron chi connectivity index (χ1n) is 6.12. The Kier molecular flexibility index (Phi) is 7.02. The zero-order chi connectivity index (χ0) is 15.7. The van der Waals surface area contributed by atoms with Crippen LogP contribution in [0.5, 0.6) is 0 Å². The second-order valence-electron chi connectivity index (χ2n) is 3.98. The molecule has 0 saturated carbocycles. The largest absolute Gasteiger partial charge is 0.443 e. The molecule has 1 aromatic carbocycles. The van der Waals surface area contributed by atoms with E-state index in [0.717, 1.165) is 6.42 Å². The molecule has 0 aromatic heterocycles. The SMILES string of the molecule is NC(=NC(=O)OCc1ccc([N+](=O)[O-])cc1)NCCCS. The number of carbonyl (C=O) groups excluding carboxylic acids is 1. The molecule has 1 amide bonds. The molecule has 0 saturated heterocycles. The van der Waals surface area contributed by atoms with Gasteiger partial charge < -0.3 is 15.8 Å². The van der Waals surface area contributed by atoms with Crippen LogP contribution >= 0.6 is 12.6 Å². The van der Waals surface area contributed by atoms with Gasteiger partial charge in [-0.3, -0.25) is 10.1 Å². The fourth-order valence-corrected chi connectivity index (χ4v) is 1.48. The smallest absolute Gasteiger partial charge is 0.437 e. The van der Waals surface area contributed by atoms with Crippen molar-refractivity contribution < 1.29 is 14.5 Å². The van der Waals surface area contributed by atoms with Gasteiger partial charge in [-0.2, -0.15) is 12.6 Å². The van der Waals surface area contributed by atoms with Gasteiger partial charge in [0.2, 0.25) is 0 Å². The zero-order valence-corrected chi connectivity index (χ0v) is 12.1. The number of non-ortho nitro benzene ring substituents is 1. The Hall–Kier alpha value is -2.29. The molecule has 21 heavy (non-hydrogen) atoms. The van der Waals surface area contributed by atoms with Crippen molar-refractivity contribution >= 4 is 30.4 Å². The van der Waals surface area contributed by atoms with Gasteiger partial charge in [-0.1, -0.05) is 0 Å². The van der Waals surface area contributed by atoms with Crippen LogP contribution in [-0.2, 0) is 11.3 Å². The normalized spacial score (nSPS) is 11.0. The highest BCUT2D eigenvalue weighted by Crippen LogP contribution is 2.12. The van der Waals surface area contributed by atoms with Crippen LogP contribution in [0.1, 0.15) is 12.0 Å². The Morgan fingerprint density at radius 2 is 2.10 bits per heavy atom. The van der Waals surface area contributed by atoms with Crippen molar-refractivity contribution in [2.45, 2.75) is 13.0 Å². The lowest BCUT2D eigenvalue weighted by Gasteiger charge is -2.04. The summed E-state index contributed by atoms with van der Waals surface area (Å²) < 4.78 is 4.87. The lowest BCUT2D eigenvalue weighted by Crippen LogP contribution is -2.33. The summed E-state index contributed by atoms with van der Waals surface area (Å²) in [4.78, 5) is 24.9. The van der Waals surface area contributed by atoms with E-state index in [9.17, 15) is 14.9 Å². The average Bonchev–Trinajstić information content (AvgIpc) is 2.46. The number of nitro groups is 1. The first kappa shape index (κ1) is 16.8. The third-order valence-corrected chi connectivity index (χ3v) is 2.68. The number of hydrogen-bond acceptors (Lipinski definition) is 5. The van der Waals surface area contributed by atoms with Crippen molar-refractivity contribution in [3.63, 3.8) is 0 Å². The summed E-state index contributed by atoms with van der Waals surface area (Å²) in [7, 11) is 0. The molecule has 114 valence electrons. The molecule has 0 fully saturated rings. The van der Waals surface area contributed by atoms with Crippen LogP contribution in [0.2, 0.25) is 0 Å². The van der Waals surface area contributed by atoms with Gasteiger partial charge in [0.1, 0.15) is 6.61 Å². The molecule has 9 heteroatoms. The van der Waals surface area contributed by atoms with E-state index in [4.69, 9.17) is 10.5 Å². The number of thiol groups is 1. The maximum absolute atomic E-state index is 11.4. The van der Waals surface area contributed by atoms with Crippen molar-refractivity contribution in [3.8, 4) is 0 Å². The standard InChI is InChI=1S/C12H16N4O4S/c13-11(14-6-1-7-21)15-12(17)20-8-9-2-4-10(5-3-9)16(18)19/h2-5,21H,1,6-8H2,(H3,13,14,15,17). The fraction of sp³-hybridized carbons (Fsp3) is 0.333. The quantitative estimate of drug-likeness (QED) is 0.183. The molecule has 1 aromatic rings. The first-order valence-corrected chi connectivity index (χ1v) is 6.75. The average molecular weight is 312 g/mol. The number of aliphatic imine (C=N–C) groups is 1. The number of guanidine groups is 1. The number of amides is 1. The predicted molar refractivity (Wildman–Crippen MR) is 81.4 cm³/mol. The molecule has 0 atom stereocenters. The summed E-state index contributed by atoms with van der Waals surface area (Å²) in [5.41, 5.74) is 6.06. The highest BCUT2D eigenvalue weighted by atomic mass is 32.1. The zero-order valence-electron chi connectivity index (χ0n) is 11.2. The minimum absolute atomic E-state index is 0.0227. The monoisotopic (exact) mass is 312 g/mol. The van der Waals surface area contributed by atoms with Crippen LogP contribution in [0.25, 0.3) is 0 Å². The molecule has 8 nitrogen and oxygen atoms in total. The number of nitro benzene ring substituents is 1. The number of ether oxygens (including phenoxy) is 1. The van der Waals surface area contributed by atoms with Crippen LogP contribution in [0.15, 0.2) is 29.3 Å². The van der Waals surface area contributed by atoms with E-state index in [1.165, 1.54) is 24.3 Å². The van der Waals surface area contributed by atoms with Crippen molar-refractivity contribution in [3.05, 3.63) is 39.9 Å². The maximum atomic E-state index is 11.4. The number of nitrogens with two attached hydrogens (primary N) is 1. The topological polar surface area (TPSA) is 120 Å². The Labute approximate surface area is 126 Å². The van der Waals surface area contributed by atoms with Crippen molar-refractivity contribution in [1.29, 1.82) is 0 Å². The van der Waals surface area contributed by atoms with Crippen LogP contribution in [0.3, 0.4) is 0 Å². The van der Waals surface area contributed by atoms with Gasteiger partial charge in [0.05, 0.1) is 4.92 Å². The van der Waals surface area contributed by atoms with Crippen LogP contribution in [0, 0.1) is 10.1 Å². The fourth-order valence-electron chi connectivity index (χ4n) is 1.32. The van der Waals surface area contributed by atoms with E-state index in [1.54, 1.807) is 0 Å². The first-order chi connectivity index (χ1) is 10.0. The van der Waals surface area contributed by atoms with Crippen LogP contribution < -0.4 is 11.1 Å².